The van der Waals surface area contributed by atoms with Crippen LogP contribution in [0, 0.1) is 18.3 Å². The standard InChI is InChI=1S/C22H32N6O/c1-14(16-9-7-6-8-10-16)24-21(23-13-18-27-26-15(2)28(18)5)25-19-17-11-12-29-20(17)22(19,3)4/h6-10,14,17,19-20H,11-13H2,1-5H3,(H2,23,24,25). The molecule has 0 radical (unpaired) electrons. The average molecular weight is 397 g/mol. The molecule has 2 aromatic rings. The summed E-state index contributed by atoms with van der Waals surface area (Å²) in [5, 5.41) is 15.7. The summed E-state index contributed by atoms with van der Waals surface area (Å²) in [4.78, 5) is 4.87. The molecule has 0 amide bonds. The predicted octanol–water partition coefficient (Wildman–Crippen LogP) is 2.73. The summed E-state index contributed by atoms with van der Waals surface area (Å²) in [5.41, 5.74) is 1.31. The van der Waals surface area contributed by atoms with Crippen molar-refractivity contribution in [3.05, 3.63) is 47.5 Å². The summed E-state index contributed by atoms with van der Waals surface area (Å²) in [6.45, 7) is 10.0. The Bertz CT molecular complexity index is 875. The van der Waals surface area contributed by atoms with Gasteiger partial charge in [0, 0.05) is 31.0 Å². The number of aryl methyl sites for hydroxylation is 1. The van der Waals surface area contributed by atoms with Crippen molar-refractivity contribution < 1.29 is 4.74 Å². The fraction of sp³-hybridized carbons (Fsp3) is 0.591. The Labute approximate surface area is 173 Å². The Morgan fingerprint density at radius 2 is 2.07 bits per heavy atom. The van der Waals surface area contributed by atoms with Crippen LogP contribution in [0.5, 0.6) is 0 Å². The number of ether oxygens (including phenoxy) is 1. The average Bonchev–Trinajstić information content (AvgIpc) is 3.30. The molecular weight excluding hydrogens is 364 g/mol. The van der Waals surface area contributed by atoms with E-state index in [1.165, 1.54) is 5.56 Å². The van der Waals surface area contributed by atoms with Gasteiger partial charge in [0.2, 0.25) is 0 Å². The van der Waals surface area contributed by atoms with Gasteiger partial charge in [0.05, 0.1) is 12.1 Å². The predicted molar refractivity (Wildman–Crippen MR) is 113 cm³/mol. The molecule has 2 N–H and O–H groups in total. The third-order valence-electron chi connectivity index (χ3n) is 6.61. The number of nitrogens with one attached hydrogen (secondary N) is 2. The molecule has 1 saturated carbocycles. The van der Waals surface area contributed by atoms with Crippen LogP contribution in [-0.2, 0) is 18.3 Å². The summed E-state index contributed by atoms with van der Waals surface area (Å²) < 4.78 is 7.94. The van der Waals surface area contributed by atoms with Gasteiger partial charge >= 0.3 is 0 Å². The highest BCUT2D eigenvalue weighted by atomic mass is 16.5. The molecule has 156 valence electrons. The minimum absolute atomic E-state index is 0.0843. The van der Waals surface area contributed by atoms with E-state index in [1.54, 1.807) is 0 Å². The largest absolute Gasteiger partial charge is 0.377 e. The third-order valence-corrected chi connectivity index (χ3v) is 6.61. The highest BCUT2D eigenvalue weighted by molar-refractivity contribution is 5.81. The maximum Gasteiger partial charge on any atom is 0.192 e. The molecule has 1 aliphatic carbocycles. The molecule has 1 aliphatic heterocycles. The molecule has 2 aliphatic rings. The van der Waals surface area contributed by atoms with E-state index < -0.39 is 0 Å². The fourth-order valence-electron chi connectivity index (χ4n) is 4.67. The van der Waals surface area contributed by atoms with Gasteiger partial charge in [-0.3, -0.25) is 0 Å². The van der Waals surface area contributed by atoms with Crippen molar-refractivity contribution in [2.45, 2.75) is 58.8 Å². The molecule has 1 aromatic heterocycles. The van der Waals surface area contributed by atoms with Crippen LogP contribution in [0.1, 0.15) is 50.4 Å². The number of fused-ring (bicyclic) bond motifs is 1. The van der Waals surface area contributed by atoms with Gasteiger partial charge in [0.25, 0.3) is 0 Å². The lowest BCUT2D eigenvalue weighted by Crippen LogP contribution is -2.68. The van der Waals surface area contributed by atoms with Crippen LogP contribution in [0.25, 0.3) is 0 Å². The Morgan fingerprint density at radius 1 is 1.31 bits per heavy atom. The van der Waals surface area contributed by atoms with Crippen molar-refractivity contribution in [2.24, 2.45) is 23.4 Å². The van der Waals surface area contributed by atoms with Crippen LogP contribution >= 0.6 is 0 Å². The van der Waals surface area contributed by atoms with Crippen molar-refractivity contribution in [3.63, 3.8) is 0 Å². The van der Waals surface area contributed by atoms with Crippen molar-refractivity contribution in [1.82, 2.24) is 25.4 Å². The lowest BCUT2D eigenvalue weighted by atomic mass is 9.57. The first kappa shape index (κ1) is 19.9. The molecule has 4 atom stereocenters. The van der Waals surface area contributed by atoms with Crippen LogP contribution in [0.2, 0.25) is 0 Å². The smallest absolute Gasteiger partial charge is 0.192 e. The van der Waals surface area contributed by atoms with E-state index in [-0.39, 0.29) is 11.5 Å². The molecule has 7 nitrogen and oxygen atoms in total. The van der Waals surface area contributed by atoms with Crippen LogP contribution < -0.4 is 10.6 Å². The van der Waals surface area contributed by atoms with E-state index in [1.807, 2.05) is 24.6 Å². The van der Waals surface area contributed by atoms with E-state index in [0.29, 0.717) is 24.6 Å². The Balaban J connectivity index is 1.53. The monoisotopic (exact) mass is 396 g/mol. The van der Waals surface area contributed by atoms with E-state index in [2.05, 4.69) is 65.9 Å². The molecule has 1 saturated heterocycles. The lowest BCUT2D eigenvalue weighted by Gasteiger charge is -2.55. The van der Waals surface area contributed by atoms with Gasteiger partial charge in [0.15, 0.2) is 11.8 Å². The number of nitrogens with zero attached hydrogens (tertiary/aromatic N) is 4. The first-order valence-electron chi connectivity index (χ1n) is 10.5. The van der Waals surface area contributed by atoms with Crippen LogP contribution in [-0.4, -0.2) is 39.5 Å². The number of aromatic nitrogens is 3. The zero-order valence-electron chi connectivity index (χ0n) is 18.0. The molecular formula is C22H32N6O. The number of guanidine groups is 1. The molecule has 4 rings (SSSR count). The van der Waals surface area contributed by atoms with E-state index in [4.69, 9.17) is 9.73 Å². The first-order chi connectivity index (χ1) is 13.9. The highest BCUT2D eigenvalue weighted by Crippen LogP contribution is 2.52. The highest BCUT2D eigenvalue weighted by Gasteiger charge is 2.59. The Kier molecular flexibility index (Phi) is 5.34. The molecule has 2 fully saturated rings. The second-order valence-corrected chi connectivity index (χ2v) is 8.85. The van der Waals surface area contributed by atoms with Gasteiger partial charge in [-0.1, -0.05) is 44.2 Å². The van der Waals surface area contributed by atoms with Gasteiger partial charge in [-0.15, -0.1) is 10.2 Å². The molecule has 1 aromatic carbocycles. The van der Waals surface area contributed by atoms with Crippen LogP contribution in [0.3, 0.4) is 0 Å². The number of rotatable bonds is 5. The van der Waals surface area contributed by atoms with Crippen molar-refractivity contribution in [3.8, 4) is 0 Å². The summed E-state index contributed by atoms with van der Waals surface area (Å²) in [7, 11) is 1.98. The van der Waals surface area contributed by atoms with Crippen molar-refractivity contribution >= 4 is 5.96 Å². The van der Waals surface area contributed by atoms with Crippen LogP contribution in [0.15, 0.2) is 35.3 Å². The number of benzene rings is 1. The second-order valence-electron chi connectivity index (χ2n) is 8.85. The SMILES string of the molecule is Cc1nnc(CN=C(NC(C)c2ccccc2)NC2C3CCOC3C2(C)C)n1C. The molecule has 29 heavy (non-hydrogen) atoms. The van der Waals surface area contributed by atoms with Gasteiger partial charge in [-0.2, -0.15) is 0 Å². The summed E-state index contributed by atoms with van der Waals surface area (Å²) in [5.74, 6) is 3.10. The normalized spacial score (nSPS) is 26.5. The van der Waals surface area contributed by atoms with Gasteiger partial charge in [0.1, 0.15) is 12.4 Å². The van der Waals surface area contributed by atoms with Gasteiger partial charge in [-0.05, 0) is 25.8 Å². The Hall–Kier alpha value is -2.41. The van der Waals surface area contributed by atoms with E-state index in [0.717, 1.165) is 30.6 Å². The van der Waals surface area contributed by atoms with Gasteiger partial charge < -0.3 is 19.9 Å². The van der Waals surface area contributed by atoms with Crippen LogP contribution in [0.4, 0.5) is 0 Å². The zero-order chi connectivity index (χ0) is 20.6. The molecule has 0 bridgehead atoms. The zero-order valence-corrected chi connectivity index (χ0v) is 18.0. The van der Waals surface area contributed by atoms with E-state index in [9.17, 15) is 0 Å². The maximum atomic E-state index is 5.96. The number of hydrogen-bond donors (Lipinski definition) is 2. The summed E-state index contributed by atoms with van der Waals surface area (Å²) in [6, 6.07) is 10.9. The quantitative estimate of drug-likeness (QED) is 0.600. The minimum Gasteiger partial charge on any atom is -0.377 e. The van der Waals surface area contributed by atoms with Crippen molar-refractivity contribution in [2.75, 3.05) is 6.61 Å². The summed E-state index contributed by atoms with van der Waals surface area (Å²) >= 11 is 0. The van der Waals surface area contributed by atoms with E-state index >= 15 is 0 Å². The number of hydrogen-bond acceptors (Lipinski definition) is 4. The topological polar surface area (TPSA) is 76.4 Å². The summed E-state index contributed by atoms with van der Waals surface area (Å²) in [6.07, 6.45) is 1.45. The molecule has 2 heterocycles. The lowest BCUT2D eigenvalue weighted by molar-refractivity contribution is -0.106. The van der Waals surface area contributed by atoms with Crippen molar-refractivity contribution in [1.29, 1.82) is 0 Å². The van der Waals surface area contributed by atoms with Gasteiger partial charge in [-0.25, -0.2) is 4.99 Å². The molecule has 4 unspecified atom stereocenters. The molecule has 0 spiro atoms. The third kappa shape index (κ3) is 3.75. The fourth-order valence-corrected chi connectivity index (χ4v) is 4.67. The minimum atomic E-state index is 0.0843. The Morgan fingerprint density at radius 3 is 2.76 bits per heavy atom. The first-order valence-corrected chi connectivity index (χ1v) is 10.5. The second kappa shape index (κ2) is 7.78. The maximum absolute atomic E-state index is 5.96. The molecule has 7 heteroatoms. The number of aliphatic imine (C=N–C) groups is 1.